The van der Waals surface area contributed by atoms with E-state index in [4.69, 9.17) is 27.9 Å². The highest BCUT2D eigenvalue weighted by Gasteiger charge is 2.17. The van der Waals surface area contributed by atoms with Gasteiger partial charge in [0, 0.05) is 10.6 Å². The van der Waals surface area contributed by atoms with E-state index in [-0.39, 0.29) is 0 Å². The molecule has 0 aliphatic carbocycles. The Morgan fingerprint density at radius 1 is 1.04 bits per heavy atom. The fourth-order valence-electron chi connectivity index (χ4n) is 2.17. The topological polar surface area (TPSA) is 67.4 Å². The molecule has 0 fully saturated rings. The fourth-order valence-corrected chi connectivity index (χ4v) is 2.62. The van der Waals surface area contributed by atoms with Crippen LogP contribution in [0.5, 0.6) is 5.75 Å². The maximum atomic E-state index is 12.2. The fraction of sp³-hybridized carbons (Fsp3) is 0.222. The number of nitrogens with one attached hydrogen (secondary N) is 2. The van der Waals surface area contributed by atoms with Crippen molar-refractivity contribution in [3.05, 3.63) is 63.1 Å². The Hall–Kier alpha value is -2.24. The minimum Gasteiger partial charge on any atom is -0.479 e. The molecule has 0 saturated heterocycles. The molecule has 0 heterocycles. The summed E-state index contributed by atoms with van der Waals surface area (Å²) in [6.45, 7) is 5.32. The van der Waals surface area contributed by atoms with Crippen molar-refractivity contribution in [1.29, 1.82) is 0 Å². The van der Waals surface area contributed by atoms with E-state index in [9.17, 15) is 9.59 Å². The van der Waals surface area contributed by atoms with Gasteiger partial charge in [0.2, 0.25) is 0 Å². The minimum atomic E-state index is -0.863. The van der Waals surface area contributed by atoms with Gasteiger partial charge in [-0.05, 0) is 50.6 Å². The number of carbonyl (C=O) groups excluding carboxylic acids is 2. The number of hydrazine groups is 1. The first kappa shape index (κ1) is 19.1. The van der Waals surface area contributed by atoms with Gasteiger partial charge in [-0.1, -0.05) is 40.9 Å². The Bertz CT molecular complexity index is 809. The van der Waals surface area contributed by atoms with Crippen molar-refractivity contribution >= 4 is 35.0 Å². The molecule has 0 saturated carbocycles. The smallest absolute Gasteiger partial charge is 0.279 e. The SMILES string of the molecule is Cc1ccc(C(=O)NNC(=O)[C@@H](C)Oc2ccc(Cl)cc2Cl)c(C)c1. The normalized spacial score (nSPS) is 11.6. The summed E-state index contributed by atoms with van der Waals surface area (Å²) >= 11 is 11.8. The van der Waals surface area contributed by atoms with E-state index in [1.165, 1.54) is 6.07 Å². The molecule has 0 spiro atoms. The lowest BCUT2D eigenvalue weighted by Crippen LogP contribution is -2.47. The second-order valence-corrected chi connectivity index (χ2v) is 6.44. The Kier molecular flexibility index (Phi) is 6.28. The molecular weight excluding hydrogens is 363 g/mol. The van der Waals surface area contributed by atoms with Gasteiger partial charge in [0.1, 0.15) is 5.75 Å². The highest BCUT2D eigenvalue weighted by molar-refractivity contribution is 6.35. The van der Waals surface area contributed by atoms with Gasteiger partial charge in [-0.2, -0.15) is 0 Å². The third-order valence-corrected chi connectivity index (χ3v) is 4.02. The molecule has 5 nitrogen and oxygen atoms in total. The van der Waals surface area contributed by atoms with Crippen LogP contribution in [0.4, 0.5) is 0 Å². The van der Waals surface area contributed by atoms with E-state index in [1.807, 2.05) is 26.0 Å². The van der Waals surface area contributed by atoms with E-state index < -0.39 is 17.9 Å². The molecule has 2 aromatic carbocycles. The summed E-state index contributed by atoms with van der Waals surface area (Å²) in [5.41, 5.74) is 7.08. The maximum Gasteiger partial charge on any atom is 0.279 e. The highest BCUT2D eigenvalue weighted by Crippen LogP contribution is 2.28. The van der Waals surface area contributed by atoms with Crippen LogP contribution in [0, 0.1) is 13.8 Å². The maximum absolute atomic E-state index is 12.2. The average Bonchev–Trinajstić information content (AvgIpc) is 2.54. The number of aryl methyl sites for hydroxylation is 2. The quantitative estimate of drug-likeness (QED) is 0.791. The Labute approximate surface area is 156 Å². The van der Waals surface area contributed by atoms with Crippen LogP contribution in [0.1, 0.15) is 28.4 Å². The number of hydrogen-bond donors (Lipinski definition) is 2. The molecule has 0 aromatic heterocycles. The van der Waals surface area contributed by atoms with Gasteiger partial charge < -0.3 is 4.74 Å². The summed E-state index contributed by atoms with van der Waals surface area (Å²) < 4.78 is 5.49. The predicted molar refractivity (Wildman–Crippen MR) is 98.1 cm³/mol. The standard InChI is InChI=1S/C18H18Cl2N2O3/c1-10-4-6-14(11(2)8-10)18(24)22-21-17(23)12(3)25-16-7-5-13(19)9-15(16)20/h4-9,12H,1-3H3,(H,21,23)(H,22,24)/t12-/m1/s1. The summed E-state index contributed by atoms with van der Waals surface area (Å²) in [7, 11) is 0. The van der Waals surface area contributed by atoms with Crippen LogP contribution in [-0.2, 0) is 4.79 Å². The first-order valence-corrected chi connectivity index (χ1v) is 8.32. The molecule has 2 N–H and O–H groups in total. The van der Waals surface area contributed by atoms with Gasteiger partial charge in [0.05, 0.1) is 5.02 Å². The molecule has 2 amide bonds. The first-order chi connectivity index (χ1) is 11.8. The highest BCUT2D eigenvalue weighted by atomic mass is 35.5. The molecule has 0 bridgehead atoms. The molecule has 2 aromatic rings. The molecule has 2 rings (SSSR count). The largest absolute Gasteiger partial charge is 0.479 e. The van der Waals surface area contributed by atoms with Crippen LogP contribution < -0.4 is 15.6 Å². The zero-order valence-electron chi connectivity index (χ0n) is 14.0. The van der Waals surface area contributed by atoms with E-state index in [2.05, 4.69) is 10.9 Å². The Morgan fingerprint density at radius 3 is 2.40 bits per heavy atom. The number of ether oxygens (including phenoxy) is 1. The van der Waals surface area contributed by atoms with Crippen molar-refractivity contribution in [2.75, 3.05) is 0 Å². The lowest BCUT2D eigenvalue weighted by atomic mass is 10.1. The first-order valence-electron chi connectivity index (χ1n) is 7.57. The molecule has 7 heteroatoms. The number of rotatable bonds is 4. The Morgan fingerprint density at radius 2 is 1.76 bits per heavy atom. The van der Waals surface area contributed by atoms with E-state index in [0.29, 0.717) is 21.4 Å². The van der Waals surface area contributed by atoms with Gasteiger partial charge in [-0.3, -0.25) is 20.4 Å². The number of carbonyl (C=O) groups is 2. The number of benzene rings is 2. The van der Waals surface area contributed by atoms with Crippen LogP contribution in [0.25, 0.3) is 0 Å². The number of hydrogen-bond acceptors (Lipinski definition) is 3. The summed E-state index contributed by atoms with van der Waals surface area (Å²) in [5.74, 6) is -0.582. The number of amides is 2. The molecule has 25 heavy (non-hydrogen) atoms. The summed E-state index contributed by atoms with van der Waals surface area (Å²) in [6.07, 6.45) is -0.863. The van der Waals surface area contributed by atoms with Gasteiger partial charge in [0.25, 0.3) is 11.8 Å². The van der Waals surface area contributed by atoms with Crippen LogP contribution in [0.15, 0.2) is 36.4 Å². The Balaban J connectivity index is 1.93. The molecule has 132 valence electrons. The summed E-state index contributed by atoms with van der Waals surface area (Å²) in [6, 6.07) is 10.1. The zero-order chi connectivity index (χ0) is 18.6. The van der Waals surface area contributed by atoms with Crippen molar-refractivity contribution < 1.29 is 14.3 Å². The number of halogens is 2. The van der Waals surface area contributed by atoms with Crippen molar-refractivity contribution in [2.45, 2.75) is 26.9 Å². The van der Waals surface area contributed by atoms with Gasteiger partial charge >= 0.3 is 0 Å². The van der Waals surface area contributed by atoms with Crippen LogP contribution in [0.3, 0.4) is 0 Å². The van der Waals surface area contributed by atoms with Gasteiger partial charge in [-0.15, -0.1) is 0 Å². The minimum absolute atomic E-state index is 0.298. The average molecular weight is 381 g/mol. The van der Waals surface area contributed by atoms with Crippen molar-refractivity contribution in [1.82, 2.24) is 10.9 Å². The molecular formula is C18H18Cl2N2O3. The molecule has 0 aliphatic rings. The molecule has 0 radical (unpaired) electrons. The third-order valence-electron chi connectivity index (χ3n) is 3.49. The summed E-state index contributed by atoms with van der Waals surface area (Å²) in [5, 5.41) is 0.765. The van der Waals surface area contributed by atoms with E-state index >= 15 is 0 Å². The monoisotopic (exact) mass is 380 g/mol. The van der Waals surface area contributed by atoms with Crippen molar-refractivity contribution in [3.63, 3.8) is 0 Å². The van der Waals surface area contributed by atoms with Crippen LogP contribution in [0.2, 0.25) is 10.0 Å². The van der Waals surface area contributed by atoms with Crippen LogP contribution >= 0.6 is 23.2 Å². The van der Waals surface area contributed by atoms with Crippen molar-refractivity contribution in [3.8, 4) is 5.75 Å². The summed E-state index contributed by atoms with van der Waals surface area (Å²) in [4.78, 5) is 24.2. The molecule has 0 unspecified atom stereocenters. The van der Waals surface area contributed by atoms with Gasteiger partial charge in [-0.25, -0.2) is 0 Å². The van der Waals surface area contributed by atoms with Gasteiger partial charge in [0.15, 0.2) is 6.10 Å². The van der Waals surface area contributed by atoms with Crippen molar-refractivity contribution in [2.24, 2.45) is 0 Å². The second-order valence-electron chi connectivity index (χ2n) is 5.60. The zero-order valence-corrected chi connectivity index (χ0v) is 15.5. The molecule has 0 aliphatic heterocycles. The van der Waals surface area contributed by atoms with Crippen LogP contribution in [-0.4, -0.2) is 17.9 Å². The van der Waals surface area contributed by atoms with E-state index in [1.54, 1.807) is 25.1 Å². The predicted octanol–water partition coefficient (Wildman–Crippen LogP) is 3.84. The van der Waals surface area contributed by atoms with E-state index in [0.717, 1.165) is 11.1 Å². The lowest BCUT2D eigenvalue weighted by molar-refractivity contribution is -0.128. The molecule has 1 atom stereocenters. The third kappa shape index (κ3) is 5.11. The second kappa shape index (κ2) is 8.23. The lowest BCUT2D eigenvalue weighted by Gasteiger charge is -2.16.